The van der Waals surface area contributed by atoms with Crippen molar-refractivity contribution in [2.24, 2.45) is 0 Å². The number of hydrogen-bond donors (Lipinski definition) is 2. The van der Waals surface area contributed by atoms with Gasteiger partial charge in [-0.05, 0) is 43.5 Å². The maximum Gasteiger partial charge on any atom is 0.224 e. The lowest BCUT2D eigenvalue weighted by molar-refractivity contribution is 0.414. The fourth-order valence-electron chi connectivity index (χ4n) is 2.88. The highest BCUT2D eigenvalue weighted by Crippen LogP contribution is 2.19. The summed E-state index contributed by atoms with van der Waals surface area (Å²) in [5.74, 6) is 2.34. The molecule has 0 amide bonds. The van der Waals surface area contributed by atoms with Crippen molar-refractivity contribution in [3.63, 3.8) is 0 Å². The van der Waals surface area contributed by atoms with E-state index in [1.165, 1.54) is 11.1 Å². The molecule has 1 aromatic heterocycles. The van der Waals surface area contributed by atoms with Gasteiger partial charge in [0.15, 0.2) is 0 Å². The molecule has 27 heavy (non-hydrogen) atoms. The van der Waals surface area contributed by atoms with E-state index in [0.717, 1.165) is 30.2 Å². The number of anilines is 2. The normalized spacial score (nSPS) is 11.7. The number of methoxy groups -OCH3 is 1. The number of benzene rings is 2. The Hall–Kier alpha value is -3.08. The second-order valence-corrected chi connectivity index (χ2v) is 6.52. The van der Waals surface area contributed by atoms with Crippen molar-refractivity contribution < 1.29 is 4.74 Å². The van der Waals surface area contributed by atoms with Crippen LogP contribution in [-0.2, 0) is 6.42 Å². The molecule has 0 saturated heterocycles. The van der Waals surface area contributed by atoms with Gasteiger partial charge < -0.3 is 15.4 Å². The minimum absolute atomic E-state index is 0.174. The molecule has 3 rings (SSSR count). The molecule has 0 spiro atoms. The third-order valence-electron chi connectivity index (χ3n) is 4.37. The molecule has 0 saturated carbocycles. The number of aryl methyl sites for hydroxylation is 1. The zero-order chi connectivity index (χ0) is 19.1. The summed E-state index contributed by atoms with van der Waals surface area (Å²) < 4.78 is 5.19. The van der Waals surface area contributed by atoms with Crippen LogP contribution in [0.3, 0.4) is 0 Å². The molecule has 0 radical (unpaired) electrons. The van der Waals surface area contributed by atoms with Crippen LogP contribution in [-0.4, -0.2) is 23.6 Å². The Bertz CT molecular complexity index is 850. The molecule has 0 aliphatic heterocycles. The molecule has 3 aromatic rings. The summed E-state index contributed by atoms with van der Waals surface area (Å²) in [6.45, 7) is 4.88. The van der Waals surface area contributed by atoms with Crippen molar-refractivity contribution in [2.75, 3.05) is 24.3 Å². The Labute approximate surface area is 160 Å². The zero-order valence-electron chi connectivity index (χ0n) is 16.1. The van der Waals surface area contributed by atoms with Gasteiger partial charge in [0, 0.05) is 24.3 Å². The zero-order valence-corrected chi connectivity index (χ0v) is 16.1. The maximum absolute atomic E-state index is 5.19. The molecule has 1 atom stereocenters. The number of aromatic nitrogens is 2. The Morgan fingerprint density at radius 2 is 1.74 bits per heavy atom. The average molecular weight is 362 g/mol. The first-order valence-corrected chi connectivity index (χ1v) is 9.18. The molecular weight excluding hydrogens is 336 g/mol. The summed E-state index contributed by atoms with van der Waals surface area (Å²) in [7, 11) is 1.68. The molecule has 2 aromatic carbocycles. The van der Waals surface area contributed by atoms with Crippen LogP contribution in [0.25, 0.3) is 0 Å². The molecule has 140 valence electrons. The Kier molecular flexibility index (Phi) is 6.26. The molecule has 2 N–H and O–H groups in total. The summed E-state index contributed by atoms with van der Waals surface area (Å²) in [5, 5.41) is 6.78. The summed E-state index contributed by atoms with van der Waals surface area (Å²) in [6, 6.07) is 20.6. The monoisotopic (exact) mass is 362 g/mol. The van der Waals surface area contributed by atoms with E-state index in [-0.39, 0.29) is 6.04 Å². The minimum Gasteiger partial charge on any atom is -0.497 e. The Morgan fingerprint density at radius 1 is 1.00 bits per heavy atom. The summed E-state index contributed by atoms with van der Waals surface area (Å²) >= 11 is 0. The van der Waals surface area contributed by atoms with Crippen LogP contribution in [0, 0.1) is 6.92 Å². The first-order chi connectivity index (χ1) is 13.1. The first-order valence-electron chi connectivity index (χ1n) is 9.18. The molecule has 5 heteroatoms. The number of hydrogen-bond acceptors (Lipinski definition) is 5. The number of nitrogens with one attached hydrogen (secondary N) is 2. The quantitative estimate of drug-likeness (QED) is 0.612. The molecule has 0 aliphatic rings. The molecular formula is C22H26N4O. The van der Waals surface area contributed by atoms with E-state index in [9.17, 15) is 0 Å². The Morgan fingerprint density at radius 3 is 2.44 bits per heavy atom. The standard InChI is InChI=1S/C22H26N4O/c1-16-15-21(25-17(2)19-7-5-4-6-8-19)26-22(24-16)23-14-13-18-9-11-20(27-3)12-10-18/h4-12,15,17H,13-14H2,1-3H3,(H2,23,24,25,26). The second-order valence-electron chi connectivity index (χ2n) is 6.52. The third kappa shape index (κ3) is 5.45. The van der Waals surface area contributed by atoms with E-state index < -0.39 is 0 Å². The van der Waals surface area contributed by atoms with Crippen molar-refractivity contribution in [1.82, 2.24) is 9.97 Å². The van der Waals surface area contributed by atoms with Crippen LogP contribution in [0.5, 0.6) is 5.75 Å². The third-order valence-corrected chi connectivity index (χ3v) is 4.37. The van der Waals surface area contributed by atoms with E-state index in [0.29, 0.717) is 5.95 Å². The number of nitrogens with zero attached hydrogens (tertiary/aromatic N) is 2. The molecule has 0 aliphatic carbocycles. The lowest BCUT2D eigenvalue weighted by atomic mass is 10.1. The largest absolute Gasteiger partial charge is 0.497 e. The molecule has 0 bridgehead atoms. The maximum atomic E-state index is 5.19. The number of rotatable bonds is 8. The lowest BCUT2D eigenvalue weighted by Crippen LogP contribution is -2.12. The van der Waals surface area contributed by atoms with Gasteiger partial charge in [0.25, 0.3) is 0 Å². The highest BCUT2D eigenvalue weighted by atomic mass is 16.5. The van der Waals surface area contributed by atoms with Crippen LogP contribution in [0.1, 0.15) is 29.8 Å². The summed E-state index contributed by atoms with van der Waals surface area (Å²) in [5.41, 5.74) is 3.40. The van der Waals surface area contributed by atoms with Gasteiger partial charge in [-0.2, -0.15) is 4.98 Å². The summed E-state index contributed by atoms with van der Waals surface area (Å²) in [6.07, 6.45) is 0.893. The fourth-order valence-corrected chi connectivity index (χ4v) is 2.88. The van der Waals surface area contributed by atoms with Crippen molar-refractivity contribution in [1.29, 1.82) is 0 Å². The van der Waals surface area contributed by atoms with E-state index >= 15 is 0 Å². The summed E-state index contributed by atoms with van der Waals surface area (Å²) in [4.78, 5) is 9.09. The van der Waals surface area contributed by atoms with E-state index in [1.807, 2.05) is 43.3 Å². The average Bonchev–Trinajstić information content (AvgIpc) is 2.69. The highest BCUT2D eigenvalue weighted by molar-refractivity contribution is 5.44. The van der Waals surface area contributed by atoms with Gasteiger partial charge in [-0.3, -0.25) is 0 Å². The highest BCUT2D eigenvalue weighted by Gasteiger charge is 2.08. The van der Waals surface area contributed by atoms with E-state index in [1.54, 1.807) is 7.11 Å². The fraction of sp³-hybridized carbons (Fsp3) is 0.273. The van der Waals surface area contributed by atoms with Crippen LogP contribution < -0.4 is 15.4 Å². The smallest absolute Gasteiger partial charge is 0.224 e. The van der Waals surface area contributed by atoms with Gasteiger partial charge >= 0.3 is 0 Å². The first kappa shape index (κ1) is 18.7. The van der Waals surface area contributed by atoms with Crippen LogP contribution in [0.15, 0.2) is 60.7 Å². The van der Waals surface area contributed by atoms with Crippen molar-refractivity contribution >= 4 is 11.8 Å². The molecule has 5 nitrogen and oxygen atoms in total. The predicted octanol–water partition coefficient (Wildman–Crippen LogP) is 4.62. The SMILES string of the molecule is COc1ccc(CCNc2nc(C)cc(NC(C)c3ccccc3)n2)cc1. The van der Waals surface area contributed by atoms with Gasteiger partial charge in [0.2, 0.25) is 5.95 Å². The minimum atomic E-state index is 0.174. The van der Waals surface area contributed by atoms with Crippen molar-refractivity contribution in [2.45, 2.75) is 26.3 Å². The molecule has 0 fully saturated rings. The van der Waals surface area contributed by atoms with Gasteiger partial charge in [-0.1, -0.05) is 42.5 Å². The van der Waals surface area contributed by atoms with Crippen LogP contribution in [0.4, 0.5) is 11.8 Å². The van der Waals surface area contributed by atoms with Gasteiger partial charge in [0.1, 0.15) is 11.6 Å². The van der Waals surface area contributed by atoms with Crippen LogP contribution >= 0.6 is 0 Å². The van der Waals surface area contributed by atoms with Crippen LogP contribution in [0.2, 0.25) is 0 Å². The Balaban J connectivity index is 1.59. The molecule has 1 unspecified atom stereocenters. The lowest BCUT2D eigenvalue weighted by Gasteiger charge is -2.16. The molecule has 1 heterocycles. The topological polar surface area (TPSA) is 59.1 Å². The van der Waals surface area contributed by atoms with E-state index in [4.69, 9.17) is 4.74 Å². The van der Waals surface area contributed by atoms with Crippen molar-refractivity contribution in [3.8, 4) is 5.75 Å². The van der Waals surface area contributed by atoms with Gasteiger partial charge in [-0.15, -0.1) is 0 Å². The second kappa shape index (κ2) is 9.03. The van der Waals surface area contributed by atoms with Crippen molar-refractivity contribution in [3.05, 3.63) is 77.5 Å². The van der Waals surface area contributed by atoms with E-state index in [2.05, 4.69) is 51.8 Å². The predicted molar refractivity (Wildman–Crippen MR) is 110 cm³/mol. The van der Waals surface area contributed by atoms with Gasteiger partial charge in [-0.25, -0.2) is 4.98 Å². The van der Waals surface area contributed by atoms with Gasteiger partial charge in [0.05, 0.1) is 7.11 Å². The number of ether oxygens (including phenoxy) is 1.